The molecule has 0 aromatic heterocycles. The number of benzene rings is 2. The molecule has 0 bridgehead atoms. The second-order valence-electron chi connectivity index (χ2n) is 5.48. The van der Waals surface area contributed by atoms with Crippen molar-refractivity contribution in [1.82, 2.24) is 4.31 Å². The van der Waals surface area contributed by atoms with Crippen LogP contribution in [0, 0.1) is 6.92 Å². The molecule has 2 aromatic rings. The summed E-state index contributed by atoms with van der Waals surface area (Å²) in [5.74, 6) is -0.00259. The molecule has 0 saturated heterocycles. The largest absolute Gasteiger partial charge is 0.294 e. The van der Waals surface area contributed by atoms with Gasteiger partial charge in [-0.2, -0.15) is 4.31 Å². The molecule has 114 valence electrons. The number of hydrogen-bond acceptors (Lipinski definition) is 3. The highest BCUT2D eigenvalue weighted by molar-refractivity contribution is 7.89. The van der Waals surface area contributed by atoms with Crippen molar-refractivity contribution < 1.29 is 13.2 Å². The van der Waals surface area contributed by atoms with Crippen LogP contribution in [-0.4, -0.2) is 25.1 Å². The van der Waals surface area contributed by atoms with Gasteiger partial charge in [0.2, 0.25) is 10.0 Å². The van der Waals surface area contributed by atoms with Crippen molar-refractivity contribution >= 4 is 15.8 Å². The maximum atomic E-state index is 12.8. The van der Waals surface area contributed by atoms with Crippen LogP contribution in [0.25, 0.3) is 0 Å². The zero-order chi connectivity index (χ0) is 15.7. The van der Waals surface area contributed by atoms with Crippen molar-refractivity contribution in [3.8, 4) is 0 Å². The van der Waals surface area contributed by atoms with E-state index in [-0.39, 0.29) is 30.2 Å². The third-order valence-electron chi connectivity index (χ3n) is 3.91. The van der Waals surface area contributed by atoms with E-state index in [0.717, 1.165) is 11.1 Å². The lowest BCUT2D eigenvalue weighted by Crippen LogP contribution is -2.31. The van der Waals surface area contributed by atoms with Gasteiger partial charge in [-0.25, -0.2) is 8.42 Å². The quantitative estimate of drug-likeness (QED) is 0.856. The zero-order valence-electron chi connectivity index (χ0n) is 12.3. The Balaban J connectivity index is 1.99. The summed E-state index contributed by atoms with van der Waals surface area (Å²) in [6.07, 6.45) is 0.210. The van der Waals surface area contributed by atoms with Crippen molar-refractivity contribution in [2.75, 3.05) is 6.54 Å². The highest BCUT2D eigenvalue weighted by Crippen LogP contribution is 2.24. The van der Waals surface area contributed by atoms with Crippen LogP contribution >= 0.6 is 0 Å². The molecule has 22 heavy (non-hydrogen) atoms. The molecule has 0 N–H and O–H groups in total. The Hall–Kier alpha value is -1.98. The second kappa shape index (κ2) is 5.66. The summed E-state index contributed by atoms with van der Waals surface area (Å²) in [6, 6.07) is 14.0. The number of aryl methyl sites for hydroxylation is 1. The molecule has 4 nitrogen and oxygen atoms in total. The van der Waals surface area contributed by atoms with Crippen molar-refractivity contribution in [3.63, 3.8) is 0 Å². The van der Waals surface area contributed by atoms with Crippen molar-refractivity contribution in [1.29, 1.82) is 0 Å². The minimum absolute atomic E-state index is 0.00259. The average Bonchev–Trinajstić information content (AvgIpc) is 2.68. The number of ketones is 1. The van der Waals surface area contributed by atoms with Gasteiger partial charge in [0.15, 0.2) is 5.78 Å². The number of rotatable bonds is 2. The molecule has 2 aromatic carbocycles. The molecule has 0 atom stereocenters. The van der Waals surface area contributed by atoms with E-state index in [2.05, 4.69) is 0 Å². The topological polar surface area (TPSA) is 54.5 Å². The first kappa shape index (κ1) is 14.9. The van der Waals surface area contributed by atoms with E-state index in [1.807, 2.05) is 19.1 Å². The summed E-state index contributed by atoms with van der Waals surface area (Å²) >= 11 is 0. The zero-order valence-corrected chi connectivity index (χ0v) is 13.1. The van der Waals surface area contributed by atoms with Crippen LogP contribution in [0.3, 0.4) is 0 Å². The van der Waals surface area contributed by atoms with Crippen LogP contribution in [0.1, 0.15) is 27.9 Å². The standard InChI is InChI=1S/C17H17NO3S/c1-13-6-8-15(9-7-13)22(20,21)18-11-10-17(19)16-5-3-2-4-14(16)12-18/h2-9H,10-12H2,1H3. The average molecular weight is 315 g/mol. The van der Waals surface area contributed by atoms with Crippen LogP contribution in [0.4, 0.5) is 0 Å². The Morgan fingerprint density at radius 3 is 2.41 bits per heavy atom. The van der Waals surface area contributed by atoms with Crippen LogP contribution in [0.5, 0.6) is 0 Å². The Labute approximate surface area is 130 Å². The monoisotopic (exact) mass is 315 g/mol. The smallest absolute Gasteiger partial charge is 0.243 e. The summed E-state index contributed by atoms with van der Waals surface area (Å²) in [5.41, 5.74) is 2.40. The predicted molar refractivity (Wildman–Crippen MR) is 84.2 cm³/mol. The number of fused-ring (bicyclic) bond motifs is 1. The molecule has 0 unspecified atom stereocenters. The molecule has 1 aliphatic rings. The van der Waals surface area contributed by atoms with E-state index in [1.165, 1.54) is 4.31 Å². The van der Waals surface area contributed by atoms with Gasteiger partial charge < -0.3 is 0 Å². The van der Waals surface area contributed by atoms with Gasteiger partial charge in [0.1, 0.15) is 0 Å². The highest BCUT2D eigenvalue weighted by atomic mass is 32.2. The third-order valence-corrected chi connectivity index (χ3v) is 5.77. The second-order valence-corrected chi connectivity index (χ2v) is 7.42. The van der Waals surface area contributed by atoms with E-state index in [9.17, 15) is 13.2 Å². The Kier molecular flexibility index (Phi) is 3.85. The summed E-state index contributed by atoms with van der Waals surface area (Å²) in [6.45, 7) is 2.36. The van der Waals surface area contributed by atoms with Crippen LogP contribution in [0.2, 0.25) is 0 Å². The van der Waals surface area contributed by atoms with E-state index >= 15 is 0 Å². The minimum Gasteiger partial charge on any atom is -0.294 e. The number of nitrogens with zero attached hydrogens (tertiary/aromatic N) is 1. The Morgan fingerprint density at radius 1 is 1.00 bits per heavy atom. The first-order chi connectivity index (χ1) is 10.5. The maximum absolute atomic E-state index is 12.8. The van der Waals surface area contributed by atoms with Gasteiger partial charge >= 0.3 is 0 Å². The van der Waals surface area contributed by atoms with Crippen molar-refractivity contribution in [2.45, 2.75) is 24.8 Å². The third kappa shape index (κ3) is 2.69. The van der Waals surface area contributed by atoms with Crippen molar-refractivity contribution in [3.05, 3.63) is 65.2 Å². The van der Waals surface area contributed by atoms with Crippen LogP contribution < -0.4 is 0 Å². The van der Waals surface area contributed by atoms with Gasteiger partial charge in [-0.1, -0.05) is 42.0 Å². The fourth-order valence-corrected chi connectivity index (χ4v) is 4.04. The minimum atomic E-state index is -3.59. The molecule has 0 spiro atoms. The first-order valence-electron chi connectivity index (χ1n) is 7.16. The molecule has 0 fully saturated rings. The molecule has 0 saturated carbocycles. The number of sulfonamides is 1. The van der Waals surface area contributed by atoms with E-state index in [4.69, 9.17) is 0 Å². The molecule has 1 aliphatic heterocycles. The van der Waals surface area contributed by atoms with Crippen LogP contribution in [0.15, 0.2) is 53.4 Å². The lowest BCUT2D eigenvalue weighted by atomic mass is 10.0. The highest BCUT2D eigenvalue weighted by Gasteiger charge is 2.29. The van der Waals surface area contributed by atoms with Gasteiger partial charge in [-0.3, -0.25) is 4.79 Å². The lowest BCUT2D eigenvalue weighted by Gasteiger charge is -2.20. The first-order valence-corrected chi connectivity index (χ1v) is 8.60. The molecular formula is C17H17NO3S. The molecule has 3 rings (SSSR count). The molecular weight excluding hydrogens is 298 g/mol. The SMILES string of the molecule is Cc1ccc(S(=O)(=O)N2CCC(=O)c3ccccc3C2)cc1. The van der Waals surface area contributed by atoms with Gasteiger partial charge in [0, 0.05) is 25.1 Å². The molecule has 1 heterocycles. The normalized spacial score (nSPS) is 16.1. The fourth-order valence-electron chi connectivity index (χ4n) is 2.62. The van der Waals surface area contributed by atoms with E-state index in [0.29, 0.717) is 5.56 Å². The summed E-state index contributed by atoms with van der Waals surface area (Å²) in [7, 11) is -3.59. The summed E-state index contributed by atoms with van der Waals surface area (Å²) < 4.78 is 27.0. The summed E-state index contributed by atoms with van der Waals surface area (Å²) in [4.78, 5) is 12.4. The lowest BCUT2D eigenvalue weighted by molar-refractivity contribution is 0.0981. The van der Waals surface area contributed by atoms with Crippen LogP contribution in [-0.2, 0) is 16.6 Å². The van der Waals surface area contributed by atoms with E-state index in [1.54, 1.807) is 36.4 Å². The Bertz CT molecular complexity index is 810. The van der Waals surface area contributed by atoms with Gasteiger partial charge in [0.05, 0.1) is 4.90 Å². The molecule has 0 amide bonds. The van der Waals surface area contributed by atoms with Crippen molar-refractivity contribution in [2.24, 2.45) is 0 Å². The summed E-state index contributed by atoms with van der Waals surface area (Å²) in [5, 5.41) is 0. The number of carbonyl (C=O) groups excluding carboxylic acids is 1. The molecule has 0 radical (unpaired) electrons. The van der Waals surface area contributed by atoms with Gasteiger partial charge in [-0.15, -0.1) is 0 Å². The van der Waals surface area contributed by atoms with Gasteiger partial charge in [0.25, 0.3) is 0 Å². The molecule has 0 aliphatic carbocycles. The number of Topliss-reactive ketones (excluding diaryl/α,β-unsaturated/α-hetero) is 1. The predicted octanol–water partition coefficient (Wildman–Crippen LogP) is 2.77. The fraction of sp³-hybridized carbons (Fsp3) is 0.235. The van der Waals surface area contributed by atoms with Gasteiger partial charge in [-0.05, 0) is 24.6 Å². The maximum Gasteiger partial charge on any atom is 0.243 e. The van der Waals surface area contributed by atoms with E-state index < -0.39 is 10.0 Å². The Morgan fingerprint density at radius 2 is 1.68 bits per heavy atom. The number of carbonyl (C=O) groups is 1. The number of hydrogen-bond donors (Lipinski definition) is 0. The molecule has 5 heteroatoms.